The van der Waals surface area contributed by atoms with Gasteiger partial charge in [0.1, 0.15) is 5.76 Å². The predicted molar refractivity (Wildman–Crippen MR) is 146 cm³/mol. The SMILES string of the molecule is CCS(=O)(=O)N1CCC(c2c[nH]c3c(C(N)=O)cc(-c4coc(CN5CCCC5)c4)cc23)CC1.O=C(O)C(F)(F)F. The lowest BCUT2D eigenvalue weighted by molar-refractivity contribution is -0.192. The lowest BCUT2D eigenvalue weighted by atomic mass is 9.88. The van der Waals surface area contributed by atoms with Gasteiger partial charge in [0, 0.05) is 30.2 Å². The van der Waals surface area contributed by atoms with Crippen molar-refractivity contribution in [2.75, 3.05) is 31.9 Å². The fourth-order valence-electron chi connectivity index (χ4n) is 5.36. The number of hydrogen-bond donors (Lipinski definition) is 3. The molecule has 2 aromatic heterocycles. The number of carboxylic acids is 1. The number of sulfonamides is 1. The average Bonchev–Trinajstić information content (AvgIpc) is 3.70. The molecule has 1 aromatic carbocycles. The third kappa shape index (κ3) is 7.11. The van der Waals surface area contributed by atoms with Crippen LogP contribution in [0.2, 0.25) is 0 Å². The topological polar surface area (TPSA) is 150 Å². The molecular weight excluding hydrogens is 565 g/mol. The van der Waals surface area contributed by atoms with E-state index in [1.165, 1.54) is 12.8 Å². The van der Waals surface area contributed by atoms with Gasteiger partial charge in [-0.05, 0) is 80.9 Å². The molecule has 0 atom stereocenters. The number of hydrogen-bond acceptors (Lipinski definition) is 6. The highest BCUT2D eigenvalue weighted by molar-refractivity contribution is 7.89. The molecule has 0 bridgehead atoms. The number of carbonyl (C=O) groups excluding carboxylic acids is 1. The molecule has 0 spiro atoms. The van der Waals surface area contributed by atoms with Crippen molar-refractivity contribution in [1.29, 1.82) is 0 Å². The molecule has 5 rings (SSSR count). The quantitative estimate of drug-likeness (QED) is 0.367. The zero-order valence-corrected chi connectivity index (χ0v) is 23.4. The van der Waals surface area contributed by atoms with Gasteiger partial charge in [-0.3, -0.25) is 9.69 Å². The molecule has 14 heteroatoms. The predicted octanol–water partition coefficient (Wildman–Crippen LogP) is 4.29. The summed E-state index contributed by atoms with van der Waals surface area (Å²) in [5, 5.41) is 8.09. The van der Waals surface area contributed by atoms with Crippen molar-refractivity contribution in [1.82, 2.24) is 14.2 Å². The number of likely N-dealkylation sites (tertiary alicyclic amines) is 1. The number of aromatic amines is 1. The number of carbonyl (C=O) groups is 2. The van der Waals surface area contributed by atoms with Crippen LogP contribution in [0.15, 0.2) is 35.1 Å². The summed E-state index contributed by atoms with van der Waals surface area (Å²) in [5.74, 6) is -1.99. The van der Waals surface area contributed by atoms with Crippen LogP contribution in [0.5, 0.6) is 0 Å². The number of fused-ring (bicyclic) bond motifs is 1. The van der Waals surface area contributed by atoms with Crippen molar-refractivity contribution < 1.29 is 40.7 Å². The van der Waals surface area contributed by atoms with E-state index in [2.05, 4.69) is 16.0 Å². The first-order valence-electron chi connectivity index (χ1n) is 13.3. The number of furan rings is 1. The van der Waals surface area contributed by atoms with Gasteiger partial charge in [-0.25, -0.2) is 17.5 Å². The molecule has 2 fully saturated rings. The summed E-state index contributed by atoms with van der Waals surface area (Å²) in [6, 6.07) is 5.96. The van der Waals surface area contributed by atoms with Gasteiger partial charge in [0.2, 0.25) is 10.0 Å². The van der Waals surface area contributed by atoms with Crippen LogP contribution in [-0.2, 0) is 21.4 Å². The Hall–Kier alpha value is -3.36. The summed E-state index contributed by atoms with van der Waals surface area (Å²) < 4.78 is 63.7. The highest BCUT2D eigenvalue weighted by atomic mass is 32.2. The number of piperidine rings is 1. The molecule has 2 aliphatic rings. The minimum absolute atomic E-state index is 0.126. The Morgan fingerprint density at radius 2 is 1.73 bits per heavy atom. The smallest absolute Gasteiger partial charge is 0.475 e. The van der Waals surface area contributed by atoms with Crippen LogP contribution in [0.1, 0.15) is 60.2 Å². The number of amides is 1. The number of nitrogens with one attached hydrogen (secondary N) is 1. The van der Waals surface area contributed by atoms with E-state index in [4.69, 9.17) is 20.1 Å². The van der Waals surface area contributed by atoms with E-state index >= 15 is 0 Å². The zero-order chi connectivity index (χ0) is 29.9. The maximum absolute atomic E-state index is 12.3. The van der Waals surface area contributed by atoms with Crippen molar-refractivity contribution in [3.05, 3.63) is 47.5 Å². The summed E-state index contributed by atoms with van der Waals surface area (Å²) in [6.45, 7) is 5.69. The molecule has 41 heavy (non-hydrogen) atoms. The van der Waals surface area contributed by atoms with Gasteiger partial charge >= 0.3 is 12.1 Å². The number of nitrogens with two attached hydrogens (primary N) is 1. The number of H-pyrrole nitrogens is 1. The highest BCUT2D eigenvalue weighted by Crippen LogP contribution is 2.37. The second kappa shape index (κ2) is 12.2. The summed E-state index contributed by atoms with van der Waals surface area (Å²) in [5.41, 5.74) is 9.85. The maximum atomic E-state index is 12.3. The normalized spacial score (nSPS) is 17.5. The highest BCUT2D eigenvalue weighted by Gasteiger charge is 2.38. The second-order valence-electron chi connectivity index (χ2n) is 10.2. The van der Waals surface area contributed by atoms with Crippen molar-refractivity contribution in [3.63, 3.8) is 0 Å². The maximum Gasteiger partial charge on any atom is 0.490 e. The van der Waals surface area contributed by atoms with Crippen molar-refractivity contribution in [2.45, 2.75) is 51.2 Å². The molecular formula is C27H33F3N4O6S. The van der Waals surface area contributed by atoms with Crippen LogP contribution in [0.4, 0.5) is 13.2 Å². The first-order chi connectivity index (χ1) is 19.3. The molecule has 3 aromatic rings. The Kier molecular flexibility index (Phi) is 9.14. The van der Waals surface area contributed by atoms with Gasteiger partial charge in [0.15, 0.2) is 0 Å². The summed E-state index contributed by atoms with van der Waals surface area (Å²) in [6.07, 6.45) is 2.56. The number of carboxylic acid groups (broad SMARTS) is 1. The van der Waals surface area contributed by atoms with Crippen LogP contribution in [0, 0.1) is 0 Å². The minimum Gasteiger partial charge on any atom is -0.475 e. The van der Waals surface area contributed by atoms with Crippen LogP contribution in [-0.4, -0.2) is 77.7 Å². The molecule has 10 nitrogen and oxygen atoms in total. The number of nitrogens with zero attached hydrogens (tertiary/aromatic N) is 2. The number of aromatic nitrogens is 1. The molecule has 0 radical (unpaired) electrons. The van der Waals surface area contributed by atoms with Crippen LogP contribution >= 0.6 is 0 Å². The van der Waals surface area contributed by atoms with Gasteiger partial charge < -0.3 is 20.2 Å². The van der Waals surface area contributed by atoms with Gasteiger partial charge in [-0.2, -0.15) is 13.2 Å². The van der Waals surface area contributed by atoms with Gasteiger partial charge in [0.05, 0.1) is 29.6 Å². The van der Waals surface area contributed by atoms with Crippen molar-refractivity contribution >= 4 is 32.8 Å². The fraction of sp³-hybridized carbons (Fsp3) is 0.481. The molecule has 4 heterocycles. The number of aliphatic carboxylic acids is 1. The van der Waals surface area contributed by atoms with E-state index in [0.717, 1.165) is 65.8 Å². The van der Waals surface area contributed by atoms with E-state index < -0.39 is 28.1 Å². The lowest BCUT2D eigenvalue weighted by Crippen LogP contribution is -2.38. The first kappa shape index (κ1) is 30.6. The van der Waals surface area contributed by atoms with Crippen LogP contribution in [0.25, 0.3) is 22.0 Å². The molecule has 2 aliphatic heterocycles. The fourth-order valence-corrected chi connectivity index (χ4v) is 6.49. The third-order valence-corrected chi connectivity index (χ3v) is 9.43. The Balaban J connectivity index is 0.000000493. The molecule has 0 saturated carbocycles. The Labute approximate surface area is 235 Å². The lowest BCUT2D eigenvalue weighted by Gasteiger charge is -2.31. The summed E-state index contributed by atoms with van der Waals surface area (Å²) >= 11 is 0. The number of benzene rings is 1. The molecule has 4 N–H and O–H groups in total. The van der Waals surface area contributed by atoms with E-state index in [9.17, 15) is 26.4 Å². The number of alkyl halides is 3. The van der Waals surface area contributed by atoms with Gasteiger partial charge in [-0.15, -0.1) is 0 Å². The summed E-state index contributed by atoms with van der Waals surface area (Å²) in [4.78, 5) is 26.8. The molecule has 0 unspecified atom stereocenters. The van der Waals surface area contributed by atoms with Crippen molar-refractivity contribution in [3.8, 4) is 11.1 Å². The zero-order valence-electron chi connectivity index (χ0n) is 22.5. The van der Waals surface area contributed by atoms with Gasteiger partial charge in [0.25, 0.3) is 5.91 Å². The Morgan fingerprint density at radius 3 is 2.29 bits per heavy atom. The standard InChI is InChI=1S/C25H32N4O4S.C2HF3O2/c1-2-34(31,32)29-9-5-17(6-10-29)23-14-27-24-21(23)12-18(13-22(24)25(26)30)19-11-20(33-16-19)15-28-7-3-4-8-28;3-2(4,5)1(6)7/h11-14,16-17,27H,2-10,15H2,1H3,(H2,26,30);(H,6,7). The average molecular weight is 599 g/mol. The summed E-state index contributed by atoms with van der Waals surface area (Å²) in [7, 11) is -3.17. The van der Waals surface area contributed by atoms with E-state index in [-0.39, 0.29) is 11.7 Å². The number of rotatable bonds is 7. The van der Waals surface area contributed by atoms with Crippen LogP contribution in [0.3, 0.4) is 0 Å². The van der Waals surface area contributed by atoms with Crippen LogP contribution < -0.4 is 5.73 Å². The first-order valence-corrected chi connectivity index (χ1v) is 14.9. The minimum atomic E-state index is -5.08. The second-order valence-corrected chi connectivity index (χ2v) is 12.5. The number of primary amides is 1. The van der Waals surface area contributed by atoms with Crippen molar-refractivity contribution in [2.24, 2.45) is 5.73 Å². The number of halogens is 3. The van der Waals surface area contributed by atoms with E-state index in [1.54, 1.807) is 17.5 Å². The van der Waals surface area contributed by atoms with Gasteiger partial charge in [-0.1, -0.05) is 0 Å². The largest absolute Gasteiger partial charge is 0.490 e. The molecule has 1 amide bonds. The molecule has 0 aliphatic carbocycles. The Morgan fingerprint density at radius 1 is 1.10 bits per heavy atom. The Bertz CT molecular complexity index is 1500. The molecule has 2 saturated heterocycles. The van der Waals surface area contributed by atoms with E-state index in [0.29, 0.717) is 18.7 Å². The third-order valence-electron chi connectivity index (χ3n) is 7.55. The van der Waals surface area contributed by atoms with E-state index in [1.807, 2.05) is 18.3 Å². The molecule has 224 valence electrons. The monoisotopic (exact) mass is 598 g/mol.